The first kappa shape index (κ1) is 15.5. The maximum Gasteiger partial charge on any atom is 0.335 e. The molecule has 8 heteroatoms. The fourth-order valence-corrected chi connectivity index (χ4v) is 3.95. The molecule has 0 radical (unpaired) electrons. The Morgan fingerprint density at radius 3 is 2.43 bits per heavy atom. The zero-order valence-electron chi connectivity index (χ0n) is 11.4. The largest absolute Gasteiger partial charge is 0.478 e. The van der Waals surface area contributed by atoms with Crippen LogP contribution >= 0.6 is 0 Å². The average Bonchev–Trinajstić information content (AvgIpc) is 2.96. The summed E-state index contributed by atoms with van der Waals surface area (Å²) >= 11 is 0. The van der Waals surface area contributed by atoms with E-state index in [-0.39, 0.29) is 17.0 Å². The molecule has 2 rings (SSSR count). The second-order valence-electron chi connectivity index (χ2n) is 4.63. The highest BCUT2D eigenvalue weighted by Gasteiger charge is 2.40. The van der Waals surface area contributed by atoms with Gasteiger partial charge < -0.3 is 9.84 Å². The molecule has 0 amide bonds. The lowest BCUT2D eigenvalue weighted by molar-refractivity contribution is -0.144. The van der Waals surface area contributed by atoms with E-state index in [4.69, 9.17) is 5.11 Å². The maximum absolute atomic E-state index is 12.5. The molecule has 1 atom stereocenters. The number of hydrogen-bond acceptors (Lipinski definition) is 5. The number of esters is 1. The minimum absolute atomic E-state index is 0.000102. The molecule has 1 heterocycles. The number of methoxy groups -OCH3 is 1. The lowest BCUT2D eigenvalue weighted by atomic mass is 10.2. The second kappa shape index (κ2) is 5.82. The monoisotopic (exact) mass is 313 g/mol. The predicted octanol–water partition coefficient (Wildman–Crippen LogP) is 0.711. The first-order chi connectivity index (χ1) is 9.87. The summed E-state index contributed by atoms with van der Waals surface area (Å²) in [5, 5.41) is 8.82. The van der Waals surface area contributed by atoms with Crippen LogP contribution in [-0.2, 0) is 19.6 Å². The van der Waals surface area contributed by atoms with Gasteiger partial charge in [-0.3, -0.25) is 4.79 Å². The summed E-state index contributed by atoms with van der Waals surface area (Å²) in [7, 11) is -2.63. The van der Waals surface area contributed by atoms with E-state index in [0.29, 0.717) is 12.8 Å². The molecule has 1 unspecified atom stereocenters. The number of sulfonamides is 1. The van der Waals surface area contributed by atoms with E-state index >= 15 is 0 Å². The minimum atomic E-state index is -3.85. The maximum atomic E-state index is 12.5. The van der Waals surface area contributed by atoms with Crippen LogP contribution in [0.4, 0.5) is 0 Å². The average molecular weight is 313 g/mol. The van der Waals surface area contributed by atoms with Gasteiger partial charge in [0.15, 0.2) is 0 Å². The summed E-state index contributed by atoms with van der Waals surface area (Å²) in [6.45, 7) is 0.239. The summed E-state index contributed by atoms with van der Waals surface area (Å²) in [6.07, 6.45) is 0.991. The Balaban J connectivity index is 2.32. The Labute approximate surface area is 122 Å². The fraction of sp³-hybridized carbons (Fsp3) is 0.385. The number of carboxylic acids is 1. The Morgan fingerprint density at radius 1 is 1.29 bits per heavy atom. The number of benzene rings is 1. The van der Waals surface area contributed by atoms with Crippen molar-refractivity contribution in [2.24, 2.45) is 0 Å². The van der Waals surface area contributed by atoms with Crippen molar-refractivity contribution in [2.75, 3.05) is 13.7 Å². The quantitative estimate of drug-likeness (QED) is 0.822. The molecule has 1 aromatic carbocycles. The molecule has 114 valence electrons. The van der Waals surface area contributed by atoms with E-state index in [1.54, 1.807) is 0 Å². The Hall–Kier alpha value is -1.93. The molecule has 0 aliphatic carbocycles. The zero-order chi connectivity index (χ0) is 15.6. The summed E-state index contributed by atoms with van der Waals surface area (Å²) < 4.78 is 30.8. The smallest absolute Gasteiger partial charge is 0.335 e. The Kier molecular flexibility index (Phi) is 4.29. The molecule has 0 saturated carbocycles. The summed E-state index contributed by atoms with van der Waals surface area (Å²) in [4.78, 5) is 22.4. The molecule has 1 aromatic rings. The standard InChI is InChI=1S/C13H15NO6S/c1-20-13(17)11-3-2-8-14(11)21(18,19)10-6-4-9(5-7-10)12(15)16/h4-7,11H,2-3,8H2,1H3,(H,15,16). The van der Waals surface area contributed by atoms with E-state index < -0.39 is 28.0 Å². The van der Waals surface area contributed by atoms with Crippen molar-refractivity contribution < 1.29 is 27.9 Å². The molecule has 1 aliphatic heterocycles. The van der Waals surface area contributed by atoms with Crippen molar-refractivity contribution in [3.8, 4) is 0 Å². The zero-order valence-corrected chi connectivity index (χ0v) is 12.2. The molecule has 1 saturated heterocycles. The van der Waals surface area contributed by atoms with Gasteiger partial charge in [0.1, 0.15) is 6.04 Å². The Morgan fingerprint density at radius 2 is 1.90 bits per heavy atom. The van der Waals surface area contributed by atoms with Crippen molar-refractivity contribution in [3.05, 3.63) is 29.8 Å². The van der Waals surface area contributed by atoms with E-state index in [1.807, 2.05) is 0 Å². The van der Waals surface area contributed by atoms with Gasteiger partial charge in [-0.1, -0.05) is 0 Å². The van der Waals surface area contributed by atoms with Crippen LogP contribution in [0.2, 0.25) is 0 Å². The normalized spacial score (nSPS) is 19.4. The molecule has 0 spiro atoms. The lowest BCUT2D eigenvalue weighted by Gasteiger charge is -2.22. The van der Waals surface area contributed by atoms with Crippen molar-refractivity contribution in [2.45, 2.75) is 23.8 Å². The Bertz CT molecular complexity index is 652. The number of ether oxygens (including phenoxy) is 1. The topological polar surface area (TPSA) is 101 Å². The lowest BCUT2D eigenvalue weighted by Crippen LogP contribution is -2.41. The van der Waals surface area contributed by atoms with Gasteiger partial charge in [-0.25, -0.2) is 13.2 Å². The predicted molar refractivity (Wildman–Crippen MR) is 72.3 cm³/mol. The van der Waals surface area contributed by atoms with Crippen LogP contribution in [-0.4, -0.2) is 49.5 Å². The van der Waals surface area contributed by atoms with E-state index in [0.717, 1.165) is 4.31 Å². The van der Waals surface area contributed by atoms with Gasteiger partial charge in [0.05, 0.1) is 17.6 Å². The van der Waals surface area contributed by atoms with Crippen LogP contribution in [0.25, 0.3) is 0 Å². The minimum Gasteiger partial charge on any atom is -0.478 e. The van der Waals surface area contributed by atoms with E-state index in [1.165, 1.54) is 31.4 Å². The van der Waals surface area contributed by atoms with Gasteiger partial charge >= 0.3 is 11.9 Å². The van der Waals surface area contributed by atoms with Crippen LogP contribution in [0, 0.1) is 0 Å². The number of carboxylic acid groups (broad SMARTS) is 1. The van der Waals surface area contributed by atoms with Crippen molar-refractivity contribution in [3.63, 3.8) is 0 Å². The third-order valence-corrected chi connectivity index (χ3v) is 5.31. The third-order valence-electron chi connectivity index (χ3n) is 3.38. The molecule has 7 nitrogen and oxygen atoms in total. The highest BCUT2D eigenvalue weighted by molar-refractivity contribution is 7.89. The van der Waals surface area contributed by atoms with Crippen molar-refractivity contribution in [1.82, 2.24) is 4.31 Å². The summed E-state index contributed by atoms with van der Waals surface area (Å²) in [6, 6.07) is 4.08. The molecule has 1 aliphatic rings. The van der Waals surface area contributed by atoms with Crippen molar-refractivity contribution >= 4 is 22.0 Å². The molecule has 21 heavy (non-hydrogen) atoms. The number of aromatic carboxylic acids is 1. The summed E-state index contributed by atoms with van der Waals surface area (Å²) in [5.74, 6) is -1.72. The number of rotatable bonds is 4. The van der Waals surface area contributed by atoms with Gasteiger partial charge in [-0.05, 0) is 37.1 Å². The number of carbonyl (C=O) groups excluding carboxylic acids is 1. The first-order valence-corrected chi connectivity index (χ1v) is 7.75. The van der Waals surface area contributed by atoms with Gasteiger partial charge in [0.25, 0.3) is 0 Å². The number of carbonyl (C=O) groups is 2. The fourth-order valence-electron chi connectivity index (χ4n) is 2.30. The van der Waals surface area contributed by atoms with E-state index in [2.05, 4.69) is 4.74 Å². The molecule has 0 aromatic heterocycles. The molecule has 0 bridgehead atoms. The first-order valence-electron chi connectivity index (χ1n) is 6.31. The van der Waals surface area contributed by atoms with Crippen LogP contribution in [0.3, 0.4) is 0 Å². The van der Waals surface area contributed by atoms with Gasteiger partial charge in [-0.15, -0.1) is 0 Å². The van der Waals surface area contributed by atoms with Crippen molar-refractivity contribution in [1.29, 1.82) is 0 Å². The molecule has 1 N–H and O–H groups in total. The van der Waals surface area contributed by atoms with Gasteiger partial charge in [0, 0.05) is 6.54 Å². The SMILES string of the molecule is COC(=O)C1CCCN1S(=O)(=O)c1ccc(C(=O)O)cc1. The second-order valence-corrected chi connectivity index (χ2v) is 6.52. The van der Waals surface area contributed by atoms with Crippen LogP contribution in [0.1, 0.15) is 23.2 Å². The molecular formula is C13H15NO6S. The summed E-state index contributed by atoms with van der Waals surface area (Å²) in [5.41, 5.74) is -0.000102. The highest BCUT2D eigenvalue weighted by atomic mass is 32.2. The van der Waals surface area contributed by atoms with E-state index in [9.17, 15) is 18.0 Å². The number of hydrogen-bond donors (Lipinski definition) is 1. The molecule has 1 fully saturated rings. The van der Waals surface area contributed by atoms with Crippen LogP contribution < -0.4 is 0 Å². The van der Waals surface area contributed by atoms with Gasteiger partial charge in [0.2, 0.25) is 10.0 Å². The highest BCUT2D eigenvalue weighted by Crippen LogP contribution is 2.26. The van der Waals surface area contributed by atoms with Crippen LogP contribution in [0.15, 0.2) is 29.2 Å². The molecular weight excluding hydrogens is 298 g/mol. The van der Waals surface area contributed by atoms with Crippen LogP contribution in [0.5, 0.6) is 0 Å². The van der Waals surface area contributed by atoms with Gasteiger partial charge in [-0.2, -0.15) is 4.31 Å². The number of nitrogens with zero attached hydrogens (tertiary/aromatic N) is 1. The third kappa shape index (κ3) is 2.91.